The van der Waals surface area contributed by atoms with Crippen molar-refractivity contribution in [2.24, 2.45) is 5.92 Å². The van der Waals surface area contributed by atoms with E-state index in [1.165, 1.54) is 31.3 Å². The van der Waals surface area contributed by atoms with Gasteiger partial charge in [0.05, 0.1) is 18.8 Å². The first-order valence-corrected chi connectivity index (χ1v) is 9.58. The van der Waals surface area contributed by atoms with Crippen molar-refractivity contribution in [3.8, 4) is 0 Å². The van der Waals surface area contributed by atoms with Gasteiger partial charge in [-0.3, -0.25) is 19.4 Å². The van der Waals surface area contributed by atoms with Crippen LogP contribution in [0.25, 0.3) is 0 Å². The summed E-state index contributed by atoms with van der Waals surface area (Å²) < 4.78 is 28.2. The van der Waals surface area contributed by atoms with Gasteiger partial charge in [0.25, 0.3) is 0 Å². The first-order chi connectivity index (χ1) is 14.8. The molecule has 0 aliphatic heterocycles. The van der Waals surface area contributed by atoms with Crippen LogP contribution >= 0.6 is 0 Å². The Hall–Kier alpha value is -3.62. The Kier molecular flexibility index (Phi) is 8.36. The third-order valence-electron chi connectivity index (χ3n) is 4.24. The Bertz CT molecular complexity index is 941. The van der Waals surface area contributed by atoms with Gasteiger partial charge in [-0.25, -0.2) is 9.18 Å². The molecule has 1 aromatic carbocycles. The second-order valence-corrected chi connectivity index (χ2v) is 6.35. The van der Waals surface area contributed by atoms with Crippen LogP contribution in [-0.4, -0.2) is 48.0 Å². The smallest absolute Gasteiger partial charge is 0.340 e. The number of carbonyl (C=O) groups is 4. The molecular weight excluding hydrogens is 409 g/mol. The fourth-order valence-electron chi connectivity index (χ4n) is 2.76. The van der Waals surface area contributed by atoms with Crippen LogP contribution in [0.5, 0.6) is 0 Å². The number of esters is 3. The number of hydrogen-bond acceptors (Lipinski definition) is 8. The highest BCUT2D eigenvalue weighted by atomic mass is 19.1. The van der Waals surface area contributed by atoms with Crippen LogP contribution in [0.1, 0.15) is 47.1 Å². The van der Waals surface area contributed by atoms with Crippen molar-refractivity contribution in [1.29, 1.82) is 0 Å². The van der Waals surface area contributed by atoms with Gasteiger partial charge >= 0.3 is 17.9 Å². The lowest BCUT2D eigenvalue weighted by Gasteiger charge is -2.21. The number of aromatic nitrogens is 1. The average molecular weight is 431 g/mol. The van der Waals surface area contributed by atoms with Gasteiger partial charge in [-0.2, -0.15) is 0 Å². The Morgan fingerprint density at radius 2 is 1.52 bits per heavy atom. The number of nitrogens with zero attached hydrogens (tertiary/aromatic N) is 1. The van der Waals surface area contributed by atoms with Gasteiger partial charge in [0.15, 0.2) is 11.7 Å². The lowest BCUT2D eigenvalue weighted by molar-refractivity contribution is -0.166. The molecule has 2 rings (SSSR count). The number of pyridine rings is 1. The minimum atomic E-state index is -1.49. The zero-order valence-electron chi connectivity index (χ0n) is 17.3. The Morgan fingerprint density at radius 3 is 2.06 bits per heavy atom. The molecule has 1 heterocycles. The maximum atomic E-state index is 13.1. The highest BCUT2D eigenvalue weighted by Crippen LogP contribution is 2.19. The van der Waals surface area contributed by atoms with Crippen LogP contribution in [0, 0.1) is 11.7 Å². The molecule has 0 bridgehead atoms. The highest BCUT2D eigenvalue weighted by molar-refractivity contribution is 6.14. The molecular formula is C22H22FNO7. The maximum Gasteiger partial charge on any atom is 0.340 e. The van der Waals surface area contributed by atoms with Crippen LogP contribution in [-0.2, 0) is 23.8 Å². The van der Waals surface area contributed by atoms with Crippen LogP contribution in [0.15, 0.2) is 42.7 Å². The molecule has 0 N–H and O–H groups in total. The lowest BCUT2D eigenvalue weighted by atomic mass is 9.99. The zero-order chi connectivity index (χ0) is 23.0. The van der Waals surface area contributed by atoms with E-state index < -0.39 is 41.5 Å². The molecule has 0 spiro atoms. The predicted octanol–water partition coefficient (Wildman–Crippen LogP) is 2.74. The average Bonchev–Trinajstić information content (AvgIpc) is 2.74. The molecule has 164 valence electrons. The van der Waals surface area contributed by atoms with E-state index in [0.717, 1.165) is 18.3 Å². The van der Waals surface area contributed by atoms with E-state index >= 15 is 0 Å². The predicted molar refractivity (Wildman–Crippen MR) is 106 cm³/mol. The van der Waals surface area contributed by atoms with Gasteiger partial charge in [0.2, 0.25) is 0 Å². The van der Waals surface area contributed by atoms with Crippen molar-refractivity contribution in [1.82, 2.24) is 4.98 Å². The number of ketones is 1. The molecule has 0 amide bonds. The van der Waals surface area contributed by atoms with E-state index in [9.17, 15) is 23.6 Å². The molecule has 31 heavy (non-hydrogen) atoms. The van der Waals surface area contributed by atoms with E-state index in [0.29, 0.717) is 0 Å². The quantitative estimate of drug-likeness (QED) is 0.258. The summed E-state index contributed by atoms with van der Waals surface area (Å²) in [6.07, 6.45) is 1.21. The molecule has 1 atom stereocenters. The number of ether oxygens (including phenoxy) is 3. The topological polar surface area (TPSA) is 109 Å². The Morgan fingerprint density at radius 1 is 0.935 bits per heavy atom. The van der Waals surface area contributed by atoms with Gasteiger partial charge in [-0.05, 0) is 51.1 Å². The van der Waals surface area contributed by atoms with Crippen molar-refractivity contribution >= 4 is 23.7 Å². The SMILES string of the molecule is CCOC(=O)C(C(=O)OCC)C(C)OC(=O)c1cnccc1C(=O)c1ccc(F)cc1. The van der Waals surface area contributed by atoms with Crippen molar-refractivity contribution in [3.63, 3.8) is 0 Å². The van der Waals surface area contributed by atoms with E-state index in [-0.39, 0.29) is 29.9 Å². The van der Waals surface area contributed by atoms with Crippen LogP contribution < -0.4 is 0 Å². The Labute approximate surface area is 178 Å². The first-order valence-electron chi connectivity index (χ1n) is 9.58. The van der Waals surface area contributed by atoms with Gasteiger partial charge in [0, 0.05) is 23.5 Å². The van der Waals surface area contributed by atoms with E-state index in [4.69, 9.17) is 14.2 Å². The maximum absolute atomic E-state index is 13.1. The fourth-order valence-corrected chi connectivity index (χ4v) is 2.76. The molecule has 9 heteroatoms. The molecule has 0 aliphatic carbocycles. The van der Waals surface area contributed by atoms with Crippen LogP contribution in [0.2, 0.25) is 0 Å². The number of carbonyl (C=O) groups excluding carboxylic acids is 4. The number of hydrogen-bond donors (Lipinski definition) is 0. The normalized spacial score (nSPS) is 11.5. The number of rotatable bonds is 9. The zero-order valence-corrected chi connectivity index (χ0v) is 17.3. The molecule has 0 saturated carbocycles. The van der Waals surface area contributed by atoms with E-state index in [1.807, 2.05) is 0 Å². The molecule has 0 radical (unpaired) electrons. The van der Waals surface area contributed by atoms with Crippen molar-refractivity contribution in [3.05, 3.63) is 65.2 Å². The van der Waals surface area contributed by atoms with E-state index in [2.05, 4.69) is 4.98 Å². The molecule has 0 fully saturated rings. The van der Waals surface area contributed by atoms with Crippen LogP contribution in [0.3, 0.4) is 0 Å². The summed E-state index contributed by atoms with van der Waals surface area (Å²) in [5, 5.41) is 0. The summed E-state index contributed by atoms with van der Waals surface area (Å²) in [6.45, 7) is 4.52. The second-order valence-electron chi connectivity index (χ2n) is 6.35. The largest absolute Gasteiger partial charge is 0.465 e. The van der Waals surface area contributed by atoms with Gasteiger partial charge in [-0.1, -0.05) is 0 Å². The first kappa shape index (κ1) is 23.7. The molecule has 0 aliphatic rings. The molecule has 8 nitrogen and oxygen atoms in total. The van der Waals surface area contributed by atoms with Crippen molar-refractivity contribution in [2.45, 2.75) is 26.9 Å². The van der Waals surface area contributed by atoms with Gasteiger partial charge in [0.1, 0.15) is 11.9 Å². The van der Waals surface area contributed by atoms with Gasteiger partial charge < -0.3 is 14.2 Å². The third kappa shape index (κ3) is 5.94. The number of halogens is 1. The monoisotopic (exact) mass is 431 g/mol. The van der Waals surface area contributed by atoms with Crippen molar-refractivity contribution in [2.75, 3.05) is 13.2 Å². The lowest BCUT2D eigenvalue weighted by Crippen LogP contribution is -2.39. The third-order valence-corrected chi connectivity index (χ3v) is 4.24. The minimum absolute atomic E-state index is 0.0222. The van der Waals surface area contributed by atoms with Crippen LogP contribution in [0.4, 0.5) is 4.39 Å². The summed E-state index contributed by atoms with van der Waals surface area (Å²) in [4.78, 5) is 53.8. The molecule has 1 unspecified atom stereocenters. The van der Waals surface area contributed by atoms with Crippen molar-refractivity contribution < 1.29 is 37.8 Å². The van der Waals surface area contributed by atoms with Gasteiger partial charge in [-0.15, -0.1) is 0 Å². The molecule has 0 saturated heterocycles. The summed E-state index contributed by atoms with van der Waals surface area (Å²) in [6, 6.07) is 6.14. The summed E-state index contributed by atoms with van der Waals surface area (Å²) in [5.74, 6) is -5.30. The molecule has 2 aromatic rings. The number of benzene rings is 1. The standard InChI is InChI=1S/C22H22FNO7/c1-4-29-21(27)18(22(28)30-5-2)13(3)31-20(26)17-12-24-11-10-16(17)19(25)14-6-8-15(23)9-7-14/h6-13,18H,4-5H2,1-3H3. The Balaban J connectivity index is 2.28. The summed E-state index contributed by atoms with van der Waals surface area (Å²) in [7, 11) is 0. The second kappa shape index (κ2) is 11.0. The fraction of sp³-hybridized carbons (Fsp3) is 0.318. The summed E-state index contributed by atoms with van der Waals surface area (Å²) >= 11 is 0. The van der Waals surface area contributed by atoms with E-state index in [1.54, 1.807) is 13.8 Å². The molecule has 1 aromatic heterocycles. The minimum Gasteiger partial charge on any atom is -0.465 e. The highest BCUT2D eigenvalue weighted by Gasteiger charge is 2.38. The summed E-state index contributed by atoms with van der Waals surface area (Å²) in [5.41, 5.74) is -0.0385.